The third-order valence-corrected chi connectivity index (χ3v) is 4.23. The number of esters is 1. The molecule has 6 nitrogen and oxygen atoms in total. The van der Waals surface area contributed by atoms with Crippen LogP contribution in [0.1, 0.15) is 11.1 Å². The van der Waals surface area contributed by atoms with Crippen LogP contribution in [0.25, 0.3) is 6.08 Å². The van der Waals surface area contributed by atoms with Crippen LogP contribution in [-0.4, -0.2) is 33.2 Å². The van der Waals surface area contributed by atoms with E-state index in [0.29, 0.717) is 28.4 Å². The number of carbonyl (C=O) groups is 1. The average Bonchev–Trinajstić information content (AvgIpc) is 3.02. The van der Waals surface area contributed by atoms with E-state index in [1.807, 2.05) is 12.1 Å². The van der Waals surface area contributed by atoms with Gasteiger partial charge >= 0.3 is 5.97 Å². The standard InChI is InChI=1S/C19H16BrNO5/c1-23-15-7-5-13(20)8-12(15)9-14-19(22)26-18(21-14)11-4-6-16(24-2)17(10-11)25-3/h4-10H,1-3H3/b14-9+. The summed E-state index contributed by atoms with van der Waals surface area (Å²) in [5, 5.41) is 0. The number of rotatable bonds is 5. The predicted octanol–water partition coefficient (Wildman–Crippen LogP) is 3.82. The van der Waals surface area contributed by atoms with Gasteiger partial charge in [-0.05, 0) is 42.5 Å². The molecule has 134 valence electrons. The molecular formula is C19H16BrNO5. The Labute approximate surface area is 159 Å². The quantitative estimate of drug-likeness (QED) is 0.546. The summed E-state index contributed by atoms with van der Waals surface area (Å²) in [5.41, 5.74) is 1.51. The van der Waals surface area contributed by atoms with Gasteiger partial charge in [-0.15, -0.1) is 0 Å². The highest BCUT2D eigenvalue weighted by Gasteiger charge is 2.25. The van der Waals surface area contributed by atoms with Gasteiger partial charge in [0.1, 0.15) is 5.75 Å². The Balaban J connectivity index is 1.98. The molecule has 26 heavy (non-hydrogen) atoms. The molecule has 0 spiro atoms. The van der Waals surface area contributed by atoms with Crippen LogP contribution >= 0.6 is 15.9 Å². The van der Waals surface area contributed by atoms with Gasteiger partial charge in [0.05, 0.1) is 21.3 Å². The lowest BCUT2D eigenvalue weighted by molar-refractivity contribution is -0.129. The maximum Gasteiger partial charge on any atom is 0.363 e. The minimum Gasteiger partial charge on any atom is -0.496 e. The summed E-state index contributed by atoms with van der Waals surface area (Å²) in [6.07, 6.45) is 1.62. The van der Waals surface area contributed by atoms with Crippen molar-refractivity contribution in [3.05, 3.63) is 57.7 Å². The van der Waals surface area contributed by atoms with Gasteiger partial charge in [-0.25, -0.2) is 9.79 Å². The van der Waals surface area contributed by atoms with Gasteiger partial charge in [0, 0.05) is 15.6 Å². The van der Waals surface area contributed by atoms with Gasteiger partial charge < -0.3 is 18.9 Å². The van der Waals surface area contributed by atoms with Gasteiger partial charge in [-0.3, -0.25) is 0 Å². The van der Waals surface area contributed by atoms with Crippen molar-refractivity contribution < 1.29 is 23.7 Å². The minimum absolute atomic E-state index is 0.186. The van der Waals surface area contributed by atoms with E-state index in [0.717, 1.165) is 4.47 Å². The number of carbonyl (C=O) groups excluding carboxylic acids is 1. The van der Waals surface area contributed by atoms with Gasteiger partial charge in [-0.1, -0.05) is 15.9 Å². The second kappa shape index (κ2) is 7.61. The molecule has 0 amide bonds. The zero-order valence-corrected chi connectivity index (χ0v) is 16.0. The SMILES string of the molecule is COc1ccc(Br)cc1/C=C1/N=C(c2ccc(OC)c(OC)c2)OC1=O. The van der Waals surface area contributed by atoms with E-state index in [1.54, 1.807) is 44.6 Å². The number of nitrogens with zero attached hydrogens (tertiary/aromatic N) is 1. The van der Waals surface area contributed by atoms with Crippen molar-refractivity contribution in [1.82, 2.24) is 0 Å². The van der Waals surface area contributed by atoms with Crippen molar-refractivity contribution in [1.29, 1.82) is 0 Å². The molecule has 0 radical (unpaired) electrons. The Morgan fingerprint density at radius 2 is 1.65 bits per heavy atom. The molecule has 0 saturated carbocycles. The zero-order chi connectivity index (χ0) is 18.7. The van der Waals surface area contributed by atoms with Crippen molar-refractivity contribution in [3.63, 3.8) is 0 Å². The molecule has 0 unspecified atom stereocenters. The number of cyclic esters (lactones) is 1. The highest BCUT2D eigenvalue weighted by Crippen LogP contribution is 2.30. The zero-order valence-electron chi connectivity index (χ0n) is 14.4. The molecule has 7 heteroatoms. The molecule has 0 bridgehead atoms. The van der Waals surface area contributed by atoms with E-state index in [2.05, 4.69) is 20.9 Å². The van der Waals surface area contributed by atoms with E-state index in [9.17, 15) is 4.79 Å². The number of benzene rings is 2. The molecule has 2 aromatic carbocycles. The summed E-state index contributed by atoms with van der Waals surface area (Å²) in [6, 6.07) is 10.7. The van der Waals surface area contributed by atoms with Gasteiger partial charge in [-0.2, -0.15) is 0 Å². The molecule has 0 atom stereocenters. The largest absolute Gasteiger partial charge is 0.496 e. The lowest BCUT2D eigenvalue weighted by Crippen LogP contribution is -2.06. The predicted molar refractivity (Wildman–Crippen MR) is 101 cm³/mol. The molecule has 0 fully saturated rings. The van der Waals surface area contributed by atoms with Crippen molar-refractivity contribution in [3.8, 4) is 17.2 Å². The molecule has 1 heterocycles. The van der Waals surface area contributed by atoms with Crippen LogP contribution in [0.5, 0.6) is 17.2 Å². The summed E-state index contributed by atoms with van der Waals surface area (Å²) >= 11 is 3.41. The molecule has 0 aromatic heterocycles. The summed E-state index contributed by atoms with van der Waals surface area (Å²) < 4.78 is 22.0. The molecule has 0 aliphatic carbocycles. The summed E-state index contributed by atoms with van der Waals surface area (Å²) in [4.78, 5) is 16.5. The van der Waals surface area contributed by atoms with E-state index in [1.165, 1.54) is 7.11 Å². The van der Waals surface area contributed by atoms with Crippen LogP contribution in [0.3, 0.4) is 0 Å². The first-order valence-corrected chi connectivity index (χ1v) is 8.43. The van der Waals surface area contributed by atoms with E-state index < -0.39 is 5.97 Å². The van der Waals surface area contributed by atoms with Crippen molar-refractivity contribution in [2.75, 3.05) is 21.3 Å². The molecule has 0 N–H and O–H groups in total. The molecular weight excluding hydrogens is 402 g/mol. The Morgan fingerprint density at radius 1 is 0.962 bits per heavy atom. The molecule has 3 rings (SSSR count). The highest BCUT2D eigenvalue weighted by molar-refractivity contribution is 9.10. The molecule has 2 aromatic rings. The van der Waals surface area contributed by atoms with Crippen LogP contribution in [0, 0.1) is 0 Å². The number of aliphatic imine (C=N–C) groups is 1. The van der Waals surface area contributed by atoms with E-state index >= 15 is 0 Å². The first kappa shape index (κ1) is 18.0. The second-order valence-corrected chi connectivity index (χ2v) is 6.21. The first-order chi connectivity index (χ1) is 12.5. The maximum atomic E-state index is 12.2. The maximum absolute atomic E-state index is 12.2. The van der Waals surface area contributed by atoms with Crippen LogP contribution in [-0.2, 0) is 9.53 Å². The Hall–Kier alpha value is -2.80. The highest BCUT2D eigenvalue weighted by atomic mass is 79.9. The number of ether oxygens (including phenoxy) is 4. The van der Waals surface area contributed by atoms with Crippen LogP contribution in [0.2, 0.25) is 0 Å². The normalized spacial score (nSPS) is 14.8. The van der Waals surface area contributed by atoms with Gasteiger partial charge in [0.25, 0.3) is 0 Å². The lowest BCUT2D eigenvalue weighted by atomic mass is 10.1. The molecule has 1 aliphatic rings. The number of methoxy groups -OCH3 is 3. The fourth-order valence-corrected chi connectivity index (χ4v) is 2.85. The number of hydrogen-bond acceptors (Lipinski definition) is 6. The Bertz CT molecular complexity index is 920. The smallest absolute Gasteiger partial charge is 0.363 e. The Kier molecular flexibility index (Phi) is 5.27. The van der Waals surface area contributed by atoms with Crippen molar-refractivity contribution in [2.24, 2.45) is 4.99 Å². The average molecular weight is 418 g/mol. The van der Waals surface area contributed by atoms with Crippen molar-refractivity contribution in [2.45, 2.75) is 0 Å². The number of hydrogen-bond donors (Lipinski definition) is 0. The summed E-state index contributed by atoms with van der Waals surface area (Å²) in [6.45, 7) is 0. The fourth-order valence-electron chi connectivity index (χ4n) is 2.47. The minimum atomic E-state index is -0.531. The molecule has 0 saturated heterocycles. The fraction of sp³-hybridized carbons (Fsp3) is 0.158. The van der Waals surface area contributed by atoms with Crippen LogP contribution < -0.4 is 14.2 Å². The summed E-state index contributed by atoms with van der Waals surface area (Å²) in [7, 11) is 4.66. The van der Waals surface area contributed by atoms with Gasteiger partial charge in [0.2, 0.25) is 5.90 Å². The van der Waals surface area contributed by atoms with Crippen LogP contribution in [0.4, 0.5) is 0 Å². The number of halogens is 1. The van der Waals surface area contributed by atoms with E-state index in [-0.39, 0.29) is 11.6 Å². The third kappa shape index (κ3) is 3.57. The van der Waals surface area contributed by atoms with E-state index in [4.69, 9.17) is 18.9 Å². The van der Waals surface area contributed by atoms with Gasteiger partial charge in [0.15, 0.2) is 17.2 Å². The Morgan fingerprint density at radius 3 is 2.35 bits per heavy atom. The topological polar surface area (TPSA) is 66.3 Å². The monoisotopic (exact) mass is 417 g/mol. The second-order valence-electron chi connectivity index (χ2n) is 5.29. The first-order valence-electron chi connectivity index (χ1n) is 7.64. The molecule has 1 aliphatic heterocycles. The summed E-state index contributed by atoms with van der Waals surface area (Å²) in [5.74, 6) is 1.40. The van der Waals surface area contributed by atoms with Crippen molar-refractivity contribution >= 4 is 33.9 Å². The van der Waals surface area contributed by atoms with Crippen LogP contribution in [0.15, 0.2) is 51.6 Å². The third-order valence-electron chi connectivity index (χ3n) is 3.73. The lowest BCUT2D eigenvalue weighted by Gasteiger charge is -2.08.